The van der Waals surface area contributed by atoms with Crippen LogP contribution in [-0.2, 0) is 46.5 Å². The van der Waals surface area contributed by atoms with Gasteiger partial charge in [0.05, 0.1) is 41.7 Å². The van der Waals surface area contributed by atoms with E-state index in [0.717, 1.165) is 32.8 Å². The minimum atomic E-state index is -1.53. The molecule has 12 N–H and O–H groups in total. The van der Waals surface area contributed by atoms with Crippen molar-refractivity contribution in [3.63, 3.8) is 0 Å². The smallest absolute Gasteiger partial charge is 0.481 e. The van der Waals surface area contributed by atoms with E-state index >= 15 is 0 Å². The summed E-state index contributed by atoms with van der Waals surface area (Å²) >= 11 is 6.55. The molecule has 10 rings (SSSR count). The summed E-state index contributed by atoms with van der Waals surface area (Å²) in [5.41, 5.74) is 10.6. The molecule has 5 atom stereocenters. The largest absolute Gasteiger partial charge is 0.513 e. The van der Waals surface area contributed by atoms with Crippen molar-refractivity contribution < 1.29 is 77.8 Å². The van der Waals surface area contributed by atoms with Crippen LogP contribution in [0.4, 0.5) is 22.1 Å². The van der Waals surface area contributed by atoms with Gasteiger partial charge >= 0.3 is 30.0 Å². The second-order valence-electron chi connectivity index (χ2n) is 23.8. The van der Waals surface area contributed by atoms with Crippen LogP contribution >= 0.6 is 33.2 Å². The average Bonchev–Trinajstić information content (AvgIpc) is 1.56. The number of halogens is 1. The summed E-state index contributed by atoms with van der Waals surface area (Å²) in [5, 5.41) is 50.4. The van der Waals surface area contributed by atoms with Gasteiger partial charge in [0.15, 0.2) is 16.9 Å². The highest BCUT2D eigenvalue weighted by atomic mass is 35.5. The van der Waals surface area contributed by atoms with Crippen LogP contribution in [0.1, 0.15) is 112 Å². The van der Waals surface area contributed by atoms with E-state index in [1.54, 1.807) is 41.3 Å². The summed E-state index contributed by atoms with van der Waals surface area (Å²) in [4.78, 5) is 163. The number of carboxylic acids is 4. The fraction of sp³-hybridized carbons (Fsp3) is 0.304. The maximum atomic E-state index is 14.4. The molecule has 3 amide bonds. The lowest BCUT2D eigenvalue weighted by atomic mass is 9.94. The standard InChI is InChI=1S/C69H68ClN11O17S2/c70-31-42-34-81(63(87)53-29-41-25-36(13-20-49(41)76-53)26-55(83)52-28-38-7-1-5-11-48(38)75-52)54-30-56(46-9-3-4-10-47(46)58(42)54)98-69(96)97-23-24-99-100-35-40(65(90)91)8-2-6-12-50(66(92)93)77-57(84)22-16-39(64(88)89)27-45(82)19-21-51(67(94)95)78-61(85)37-14-17-43(18-15-37)72-32-44-33-73-60-59(74-44)62(86)80-68(71)79-60/h1,3-5,7,9-11,13-15,17-18,20,25,28-30,33,39-40,42,50-51,72,75-76H,2,6,8,12,16,19,21-24,26-27,31-32,34-35H2,(H,77,84)(H,78,85)(H,88,89)(H,90,91)(H,92,93)(H,94,95)(H3,71,73,79,80,86). The van der Waals surface area contributed by atoms with Crippen LogP contribution in [-0.4, -0.2) is 152 Å². The number of Topliss-reactive ketones (excluding diaryl/α,β-unsaturated/α-hetero) is 2. The number of carbonyl (C=O) groups is 10. The fourth-order valence-corrected chi connectivity index (χ4v) is 14.1. The third-order valence-corrected chi connectivity index (χ3v) is 19.7. The van der Waals surface area contributed by atoms with Crippen LogP contribution < -0.4 is 36.9 Å². The lowest BCUT2D eigenvalue weighted by Gasteiger charge is -2.18. The monoisotopic (exact) mass is 1420 g/mol. The Bertz CT molecular complexity index is 4650. The van der Waals surface area contributed by atoms with Crippen molar-refractivity contribution in [1.82, 2.24) is 40.5 Å². The summed E-state index contributed by atoms with van der Waals surface area (Å²) < 4.78 is 11.2. The van der Waals surface area contributed by atoms with Crippen LogP contribution in [0.25, 0.3) is 43.7 Å². The first-order valence-electron chi connectivity index (χ1n) is 31.7. The van der Waals surface area contributed by atoms with Gasteiger partial charge in [-0.05, 0) is 96.8 Å². The number of aromatic amines is 3. The Morgan fingerprint density at radius 1 is 0.710 bits per heavy atom. The van der Waals surface area contributed by atoms with Crippen LogP contribution in [0.3, 0.4) is 0 Å². The Kier molecular flexibility index (Phi) is 23.8. The summed E-state index contributed by atoms with van der Waals surface area (Å²) in [7, 11) is 2.50. The Balaban J connectivity index is 0.621. The van der Waals surface area contributed by atoms with E-state index in [4.69, 9.17) is 26.8 Å². The number of alkyl halides is 1. The molecule has 0 bridgehead atoms. The summed E-state index contributed by atoms with van der Waals surface area (Å²) in [6, 6.07) is 28.7. The average molecular weight is 1420 g/mol. The number of carbonyl (C=O) groups excluding carboxylic acids is 6. The van der Waals surface area contributed by atoms with Gasteiger partial charge in [-0.15, -0.1) is 11.6 Å². The van der Waals surface area contributed by atoms with Gasteiger partial charge in [0, 0.05) is 100 Å². The Morgan fingerprint density at radius 2 is 1.41 bits per heavy atom. The van der Waals surface area contributed by atoms with E-state index in [1.807, 2.05) is 60.7 Å². The number of unbranched alkanes of at least 4 members (excludes halogenated alkanes) is 1. The summed E-state index contributed by atoms with van der Waals surface area (Å²) in [6.07, 6.45) is -1.09. The van der Waals surface area contributed by atoms with E-state index in [0.29, 0.717) is 39.4 Å². The van der Waals surface area contributed by atoms with Gasteiger partial charge < -0.3 is 66.5 Å². The maximum Gasteiger partial charge on any atom is 0.513 e. The van der Waals surface area contributed by atoms with Gasteiger partial charge in [0.2, 0.25) is 11.9 Å². The first kappa shape index (κ1) is 71.9. The number of aromatic nitrogens is 6. The lowest BCUT2D eigenvalue weighted by molar-refractivity contribution is -0.145. The molecule has 28 nitrogen and oxygen atoms in total. The Morgan fingerprint density at radius 3 is 2.15 bits per heavy atom. The van der Waals surface area contributed by atoms with Crippen LogP contribution in [0.2, 0.25) is 0 Å². The molecule has 5 unspecified atom stereocenters. The predicted molar refractivity (Wildman–Crippen MR) is 374 cm³/mol. The minimum absolute atomic E-state index is 0.00746. The normalized spacial score (nSPS) is 13.8. The van der Waals surface area contributed by atoms with Crippen LogP contribution in [0.5, 0.6) is 5.75 Å². The molecular formula is C69H68ClN11O17S2. The molecule has 9 aromatic rings. The number of hydrogen-bond donors (Lipinski definition) is 11. The number of nitrogens with one attached hydrogen (secondary N) is 6. The number of fused-ring (bicyclic) bond motifs is 6. The van der Waals surface area contributed by atoms with Gasteiger partial charge in [-0.3, -0.25) is 43.3 Å². The van der Waals surface area contributed by atoms with Crippen molar-refractivity contribution in [3.05, 3.63) is 160 Å². The molecule has 0 aliphatic carbocycles. The molecule has 1 aliphatic rings. The predicted octanol–water partition coefficient (Wildman–Crippen LogP) is 9.26. The van der Waals surface area contributed by atoms with Crippen molar-refractivity contribution >= 4 is 154 Å². The van der Waals surface area contributed by atoms with E-state index in [-0.39, 0.29) is 128 Å². The number of rotatable bonds is 35. The van der Waals surface area contributed by atoms with Crippen LogP contribution in [0.15, 0.2) is 120 Å². The number of ether oxygens (including phenoxy) is 2. The molecule has 5 heterocycles. The molecule has 31 heteroatoms. The van der Waals surface area contributed by atoms with Crippen molar-refractivity contribution in [1.29, 1.82) is 0 Å². The number of aliphatic carboxylic acids is 4. The highest BCUT2D eigenvalue weighted by Gasteiger charge is 2.37. The van der Waals surface area contributed by atoms with Crippen molar-refractivity contribution in [2.24, 2.45) is 11.8 Å². The molecule has 0 saturated heterocycles. The Hall–Kier alpha value is -10.8. The minimum Gasteiger partial charge on any atom is -0.481 e. The van der Waals surface area contributed by atoms with Gasteiger partial charge in [-0.2, -0.15) is 4.98 Å². The molecule has 100 heavy (non-hydrogen) atoms. The number of nitrogens with two attached hydrogens (primary N) is 1. The molecule has 0 radical (unpaired) electrons. The molecule has 4 aromatic heterocycles. The van der Waals surface area contributed by atoms with Crippen molar-refractivity contribution in [2.45, 2.75) is 88.8 Å². The first-order chi connectivity index (χ1) is 48.1. The number of H-pyrrole nitrogens is 3. The third-order valence-electron chi connectivity index (χ3n) is 16.8. The topological polar surface area (TPSA) is 439 Å². The number of hydrogen-bond acceptors (Lipinski definition) is 20. The number of anilines is 3. The van der Waals surface area contributed by atoms with E-state index in [2.05, 4.69) is 45.9 Å². The molecular weight excluding hydrogens is 1350 g/mol. The highest BCUT2D eigenvalue weighted by Crippen LogP contribution is 2.46. The van der Waals surface area contributed by atoms with E-state index in [1.165, 1.54) is 39.9 Å². The molecule has 5 aromatic carbocycles. The molecule has 1 aliphatic heterocycles. The van der Waals surface area contributed by atoms with E-state index < -0.39 is 96.4 Å². The highest BCUT2D eigenvalue weighted by molar-refractivity contribution is 8.76. The second-order valence-corrected chi connectivity index (χ2v) is 26.8. The number of carboxylic acid groups (broad SMARTS) is 4. The van der Waals surface area contributed by atoms with Crippen molar-refractivity contribution in [2.75, 3.05) is 46.5 Å². The van der Waals surface area contributed by atoms with Gasteiger partial charge in [0.1, 0.15) is 35.9 Å². The maximum absolute atomic E-state index is 14.4. The summed E-state index contributed by atoms with van der Waals surface area (Å²) in [6.45, 7) is 0.289. The quantitative estimate of drug-likeness (QED) is 0.00440. The summed E-state index contributed by atoms with van der Waals surface area (Å²) in [5.74, 6) is -9.76. The zero-order valence-corrected chi connectivity index (χ0v) is 55.7. The molecule has 520 valence electrons. The third kappa shape index (κ3) is 18.3. The van der Waals surface area contributed by atoms with E-state index in [9.17, 15) is 73.2 Å². The van der Waals surface area contributed by atoms with Gasteiger partial charge in [0.25, 0.3) is 17.4 Å². The zero-order valence-electron chi connectivity index (χ0n) is 53.3. The molecule has 0 saturated carbocycles. The number of amides is 3. The first-order valence-corrected chi connectivity index (χ1v) is 34.7. The van der Waals surface area contributed by atoms with Crippen molar-refractivity contribution in [3.8, 4) is 5.75 Å². The second kappa shape index (κ2) is 33.1. The number of nitrogen functional groups attached to an aromatic ring is 1. The van der Waals surface area contributed by atoms with Gasteiger partial charge in [-0.25, -0.2) is 24.4 Å². The van der Waals surface area contributed by atoms with Gasteiger partial charge in [-0.1, -0.05) is 83.0 Å². The number of nitrogens with zero attached hydrogens (tertiary/aromatic N) is 4. The number of benzene rings is 5. The van der Waals surface area contributed by atoms with Crippen LogP contribution in [0, 0.1) is 11.8 Å². The number of ketones is 2. The lowest BCUT2D eigenvalue weighted by Crippen LogP contribution is -2.41. The SMILES string of the molecule is Nc1nc2ncc(CNc3ccc(C(=O)NC(CCC(=O)CC(CCC(=O)NC(CCCCC(CSSCCOC(=O)Oc4cc5c(c6ccccc46)C(CCl)CN5C(=O)c4cc5cc(CC(=O)c6cc7ccccc7[nH]6)ccc5[nH]4)C(=O)O)C(=O)O)C(=O)O)C(=O)O)cc3)nc2c(=O)[nH]1. The molecule has 0 spiro atoms. The number of para-hydroxylation sites is 1. The Labute approximate surface area is 581 Å². The fourth-order valence-electron chi connectivity index (χ4n) is 11.7. The molecule has 0 fully saturated rings. The zero-order chi connectivity index (χ0) is 71.1.